The van der Waals surface area contributed by atoms with E-state index in [1.54, 1.807) is 19.5 Å². The van der Waals surface area contributed by atoms with Crippen molar-refractivity contribution >= 4 is 5.91 Å². The lowest BCUT2D eigenvalue weighted by molar-refractivity contribution is 0.0679. The third kappa shape index (κ3) is 4.39. The summed E-state index contributed by atoms with van der Waals surface area (Å²) in [5, 5.41) is 0. The number of nitrogens with zero attached hydrogens (tertiary/aromatic N) is 2. The molecule has 1 amide bonds. The SMILES string of the molecule is COCCN(Cc1ccncc1)C(=O)c1c(C)cc(C)cc1C. The van der Waals surface area contributed by atoms with E-state index in [9.17, 15) is 4.79 Å². The Labute approximate surface area is 138 Å². The van der Waals surface area contributed by atoms with E-state index in [2.05, 4.69) is 17.1 Å². The number of aromatic nitrogens is 1. The average Bonchev–Trinajstić information content (AvgIpc) is 2.51. The fourth-order valence-corrected chi connectivity index (χ4v) is 2.84. The molecule has 122 valence electrons. The molecule has 1 aromatic carbocycles. The normalized spacial score (nSPS) is 10.6. The molecule has 0 N–H and O–H groups in total. The summed E-state index contributed by atoms with van der Waals surface area (Å²) in [4.78, 5) is 18.9. The fourth-order valence-electron chi connectivity index (χ4n) is 2.84. The van der Waals surface area contributed by atoms with Crippen LogP contribution >= 0.6 is 0 Å². The molecule has 0 fully saturated rings. The highest BCUT2D eigenvalue weighted by Gasteiger charge is 2.20. The van der Waals surface area contributed by atoms with Crippen molar-refractivity contribution in [1.82, 2.24) is 9.88 Å². The van der Waals surface area contributed by atoms with Gasteiger partial charge in [0.2, 0.25) is 0 Å². The Morgan fingerprint density at radius 1 is 1.13 bits per heavy atom. The summed E-state index contributed by atoms with van der Waals surface area (Å²) in [6.07, 6.45) is 3.49. The molecule has 0 saturated heterocycles. The number of benzene rings is 1. The van der Waals surface area contributed by atoms with Crippen molar-refractivity contribution in [3.05, 3.63) is 64.5 Å². The van der Waals surface area contributed by atoms with Crippen molar-refractivity contribution < 1.29 is 9.53 Å². The molecule has 0 bridgehead atoms. The molecule has 2 rings (SSSR count). The first-order valence-electron chi connectivity index (χ1n) is 7.78. The molecule has 2 aromatic rings. The second-order valence-corrected chi connectivity index (χ2v) is 5.85. The minimum atomic E-state index is 0.0499. The van der Waals surface area contributed by atoms with E-state index in [0.717, 1.165) is 22.3 Å². The monoisotopic (exact) mass is 312 g/mol. The molecule has 23 heavy (non-hydrogen) atoms. The highest BCUT2D eigenvalue weighted by atomic mass is 16.5. The topological polar surface area (TPSA) is 42.4 Å². The molecule has 0 aliphatic heterocycles. The van der Waals surface area contributed by atoms with E-state index >= 15 is 0 Å². The second kappa shape index (κ2) is 7.88. The van der Waals surface area contributed by atoms with E-state index in [-0.39, 0.29) is 5.91 Å². The van der Waals surface area contributed by atoms with Crippen LogP contribution in [-0.2, 0) is 11.3 Å². The fraction of sp³-hybridized carbons (Fsp3) is 0.368. The second-order valence-electron chi connectivity index (χ2n) is 5.85. The van der Waals surface area contributed by atoms with Crippen molar-refractivity contribution in [1.29, 1.82) is 0 Å². The largest absolute Gasteiger partial charge is 0.383 e. The van der Waals surface area contributed by atoms with Crippen molar-refractivity contribution in [3.63, 3.8) is 0 Å². The average molecular weight is 312 g/mol. The first-order chi connectivity index (χ1) is 11.0. The molecular formula is C19H24N2O2. The standard InChI is InChI=1S/C19H24N2O2/c1-14-11-15(2)18(16(3)12-14)19(22)21(9-10-23-4)13-17-5-7-20-8-6-17/h5-8,11-12H,9-10,13H2,1-4H3. The van der Waals surface area contributed by atoms with Crippen molar-refractivity contribution in [3.8, 4) is 0 Å². The Hall–Kier alpha value is -2.20. The first kappa shape index (κ1) is 17.2. The highest BCUT2D eigenvalue weighted by Crippen LogP contribution is 2.19. The van der Waals surface area contributed by atoms with Crippen LogP contribution in [0.15, 0.2) is 36.7 Å². The molecule has 0 atom stereocenters. The van der Waals surface area contributed by atoms with Crippen LogP contribution in [0.3, 0.4) is 0 Å². The maximum Gasteiger partial charge on any atom is 0.254 e. The number of ether oxygens (including phenoxy) is 1. The molecular weight excluding hydrogens is 288 g/mol. The van der Waals surface area contributed by atoms with Gasteiger partial charge in [0.15, 0.2) is 0 Å². The van der Waals surface area contributed by atoms with Crippen molar-refractivity contribution in [2.75, 3.05) is 20.3 Å². The van der Waals surface area contributed by atoms with Gasteiger partial charge in [-0.05, 0) is 49.6 Å². The van der Waals surface area contributed by atoms with Crippen LogP contribution in [0.4, 0.5) is 0 Å². The zero-order valence-corrected chi connectivity index (χ0v) is 14.3. The predicted octanol–water partition coefficient (Wildman–Crippen LogP) is 3.30. The quantitative estimate of drug-likeness (QED) is 0.822. The van der Waals surface area contributed by atoms with Gasteiger partial charge < -0.3 is 9.64 Å². The Bertz CT molecular complexity index is 645. The minimum Gasteiger partial charge on any atom is -0.383 e. The number of aryl methyl sites for hydroxylation is 3. The Morgan fingerprint density at radius 3 is 2.30 bits per heavy atom. The lowest BCUT2D eigenvalue weighted by Gasteiger charge is -2.24. The molecule has 0 radical (unpaired) electrons. The maximum absolute atomic E-state index is 13.1. The molecule has 0 aliphatic rings. The molecule has 0 spiro atoms. The van der Waals surface area contributed by atoms with Gasteiger partial charge in [0, 0.05) is 38.2 Å². The lowest BCUT2D eigenvalue weighted by atomic mass is 9.98. The van der Waals surface area contributed by atoms with Gasteiger partial charge in [-0.25, -0.2) is 0 Å². The van der Waals surface area contributed by atoms with Crippen LogP contribution in [0.5, 0.6) is 0 Å². The molecule has 1 aromatic heterocycles. The number of hydrogen-bond acceptors (Lipinski definition) is 3. The molecule has 0 aliphatic carbocycles. The Balaban J connectivity index is 2.30. The smallest absolute Gasteiger partial charge is 0.254 e. The zero-order chi connectivity index (χ0) is 16.8. The van der Waals surface area contributed by atoms with Crippen molar-refractivity contribution in [2.45, 2.75) is 27.3 Å². The number of carbonyl (C=O) groups excluding carboxylic acids is 1. The van der Waals surface area contributed by atoms with Crippen LogP contribution in [0.2, 0.25) is 0 Å². The van der Waals surface area contributed by atoms with Crippen molar-refractivity contribution in [2.24, 2.45) is 0 Å². The highest BCUT2D eigenvalue weighted by molar-refractivity contribution is 5.97. The number of amides is 1. The van der Waals surface area contributed by atoms with Gasteiger partial charge in [0.1, 0.15) is 0 Å². The summed E-state index contributed by atoms with van der Waals surface area (Å²) in [6.45, 7) is 7.67. The van der Waals surface area contributed by atoms with Crippen LogP contribution in [-0.4, -0.2) is 36.1 Å². The number of methoxy groups -OCH3 is 1. The molecule has 0 unspecified atom stereocenters. The van der Waals surface area contributed by atoms with Gasteiger partial charge in [0.25, 0.3) is 5.91 Å². The Kier molecular flexibility index (Phi) is 5.88. The Morgan fingerprint density at radius 2 is 1.74 bits per heavy atom. The molecule has 0 saturated carbocycles. The van der Waals surface area contributed by atoms with E-state index < -0.39 is 0 Å². The summed E-state index contributed by atoms with van der Waals surface area (Å²) < 4.78 is 5.17. The third-order valence-corrected chi connectivity index (χ3v) is 3.87. The summed E-state index contributed by atoms with van der Waals surface area (Å²) in [5.41, 5.74) is 5.07. The number of carbonyl (C=O) groups is 1. The summed E-state index contributed by atoms with van der Waals surface area (Å²) >= 11 is 0. The van der Waals surface area contributed by atoms with E-state index in [1.165, 1.54) is 5.56 Å². The van der Waals surface area contributed by atoms with Crippen LogP contribution in [0.25, 0.3) is 0 Å². The summed E-state index contributed by atoms with van der Waals surface area (Å²) in [6, 6.07) is 7.98. The summed E-state index contributed by atoms with van der Waals surface area (Å²) in [7, 11) is 1.65. The molecule has 1 heterocycles. The maximum atomic E-state index is 13.1. The van der Waals surface area contributed by atoms with Crippen LogP contribution in [0.1, 0.15) is 32.6 Å². The molecule has 4 nitrogen and oxygen atoms in total. The van der Waals surface area contributed by atoms with Gasteiger partial charge in [-0.3, -0.25) is 9.78 Å². The first-order valence-corrected chi connectivity index (χ1v) is 7.78. The minimum absolute atomic E-state index is 0.0499. The predicted molar refractivity (Wildman–Crippen MR) is 91.5 cm³/mol. The van der Waals surface area contributed by atoms with E-state index in [1.807, 2.05) is 37.8 Å². The number of pyridine rings is 1. The van der Waals surface area contributed by atoms with Gasteiger partial charge in [0.05, 0.1) is 6.61 Å². The van der Waals surface area contributed by atoms with Gasteiger partial charge in [-0.2, -0.15) is 0 Å². The lowest BCUT2D eigenvalue weighted by Crippen LogP contribution is -2.34. The van der Waals surface area contributed by atoms with Crippen LogP contribution in [0, 0.1) is 20.8 Å². The van der Waals surface area contributed by atoms with E-state index in [4.69, 9.17) is 4.74 Å². The zero-order valence-electron chi connectivity index (χ0n) is 14.3. The summed E-state index contributed by atoms with van der Waals surface area (Å²) in [5.74, 6) is 0.0499. The number of hydrogen-bond donors (Lipinski definition) is 0. The molecule has 4 heteroatoms. The third-order valence-electron chi connectivity index (χ3n) is 3.87. The van der Waals surface area contributed by atoms with Gasteiger partial charge in [-0.1, -0.05) is 17.7 Å². The van der Waals surface area contributed by atoms with Gasteiger partial charge >= 0.3 is 0 Å². The van der Waals surface area contributed by atoms with Crippen LogP contribution < -0.4 is 0 Å². The van der Waals surface area contributed by atoms with Gasteiger partial charge in [-0.15, -0.1) is 0 Å². The number of rotatable bonds is 6. The van der Waals surface area contributed by atoms with E-state index in [0.29, 0.717) is 19.7 Å².